The maximum atomic E-state index is 11.6. The molecule has 4 heteroatoms. The van der Waals surface area contributed by atoms with Gasteiger partial charge in [0.05, 0.1) is 23.5 Å². The molecule has 2 heterocycles. The van der Waals surface area contributed by atoms with E-state index in [2.05, 4.69) is 4.98 Å². The molecule has 0 saturated heterocycles. The van der Waals surface area contributed by atoms with Gasteiger partial charge in [0.2, 0.25) is 0 Å². The number of nitriles is 1. The Bertz CT molecular complexity index is 566. The van der Waals surface area contributed by atoms with Gasteiger partial charge in [0.15, 0.2) is 0 Å². The molecule has 4 nitrogen and oxygen atoms in total. The zero-order valence-electron chi connectivity index (χ0n) is 7.79. The number of nitrogens with zero attached hydrogens (tertiary/aromatic N) is 3. The molecule has 0 N–H and O–H groups in total. The summed E-state index contributed by atoms with van der Waals surface area (Å²) in [6.07, 6.45) is 4.80. The third-order valence-corrected chi connectivity index (χ3v) is 1.97. The van der Waals surface area contributed by atoms with E-state index in [1.165, 1.54) is 10.6 Å². The number of hydrogen-bond donors (Lipinski definition) is 0. The quantitative estimate of drug-likeness (QED) is 0.687. The number of hydrogen-bond acceptors (Lipinski definition) is 3. The lowest BCUT2D eigenvalue weighted by atomic mass is 10.3. The molecule has 2 rings (SSSR count). The number of aromatic nitrogens is 2. The molecule has 0 spiro atoms. The minimum Gasteiger partial charge on any atom is -0.283 e. The lowest BCUT2D eigenvalue weighted by molar-refractivity contribution is 0.975. The molecule has 0 unspecified atom stereocenters. The molecule has 0 atom stereocenters. The molecule has 0 saturated carbocycles. The second-order valence-electron chi connectivity index (χ2n) is 2.95. The predicted octanol–water partition coefficient (Wildman–Crippen LogP) is 1.10. The highest BCUT2D eigenvalue weighted by molar-refractivity contribution is 5.32. The fourth-order valence-corrected chi connectivity index (χ4v) is 1.26. The van der Waals surface area contributed by atoms with Crippen molar-refractivity contribution < 1.29 is 0 Å². The third kappa shape index (κ3) is 1.76. The number of pyridine rings is 2. The van der Waals surface area contributed by atoms with Gasteiger partial charge in [-0.15, -0.1) is 0 Å². The standard InChI is InChI=1S/C11H7N3O/c12-7-9-3-5-14(11(15)6-9)10-2-1-4-13-8-10/h1-6,8H. The van der Waals surface area contributed by atoms with E-state index >= 15 is 0 Å². The Labute approximate surface area is 86.1 Å². The first kappa shape index (κ1) is 9.16. The van der Waals surface area contributed by atoms with Crippen LogP contribution in [0, 0.1) is 11.3 Å². The zero-order chi connectivity index (χ0) is 10.7. The van der Waals surface area contributed by atoms with Crippen LogP contribution in [0.1, 0.15) is 5.56 Å². The van der Waals surface area contributed by atoms with E-state index in [9.17, 15) is 4.79 Å². The van der Waals surface area contributed by atoms with Crippen LogP contribution in [-0.2, 0) is 0 Å². The van der Waals surface area contributed by atoms with Crippen molar-refractivity contribution in [3.8, 4) is 11.8 Å². The van der Waals surface area contributed by atoms with Gasteiger partial charge in [0.25, 0.3) is 5.56 Å². The first-order chi connectivity index (χ1) is 7.31. The molecular weight excluding hydrogens is 190 g/mol. The summed E-state index contributed by atoms with van der Waals surface area (Å²) in [4.78, 5) is 15.5. The molecule has 72 valence electrons. The zero-order valence-corrected chi connectivity index (χ0v) is 7.79. The van der Waals surface area contributed by atoms with Crippen LogP contribution in [0.5, 0.6) is 0 Å². The SMILES string of the molecule is N#Cc1ccn(-c2cccnc2)c(=O)c1. The van der Waals surface area contributed by atoms with E-state index in [1.54, 1.807) is 36.8 Å². The second kappa shape index (κ2) is 3.76. The average Bonchev–Trinajstić information content (AvgIpc) is 2.30. The Kier molecular flexibility index (Phi) is 2.30. The Morgan fingerprint density at radius 1 is 1.40 bits per heavy atom. The highest BCUT2D eigenvalue weighted by atomic mass is 16.1. The Balaban J connectivity index is 2.57. The Morgan fingerprint density at radius 2 is 2.27 bits per heavy atom. The van der Waals surface area contributed by atoms with Gasteiger partial charge >= 0.3 is 0 Å². The molecule has 0 aliphatic heterocycles. The molecule has 0 aliphatic rings. The van der Waals surface area contributed by atoms with E-state index in [1.807, 2.05) is 6.07 Å². The normalized spacial score (nSPS) is 9.53. The number of rotatable bonds is 1. The third-order valence-electron chi connectivity index (χ3n) is 1.97. The summed E-state index contributed by atoms with van der Waals surface area (Å²) in [7, 11) is 0. The average molecular weight is 197 g/mol. The molecule has 15 heavy (non-hydrogen) atoms. The topological polar surface area (TPSA) is 58.7 Å². The van der Waals surface area contributed by atoms with E-state index < -0.39 is 0 Å². The van der Waals surface area contributed by atoms with Crippen LogP contribution in [0.15, 0.2) is 47.7 Å². The van der Waals surface area contributed by atoms with E-state index in [4.69, 9.17) is 5.26 Å². The van der Waals surface area contributed by atoms with Crippen molar-refractivity contribution in [2.24, 2.45) is 0 Å². The van der Waals surface area contributed by atoms with E-state index in [-0.39, 0.29) is 5.56 Å². The molecular formula is C11H7N3O. The first-order valence-corrected chi connectivity index (χ1v) is 4.34. The minimum atomic E-state index is -0.234. The van der Waals surface area contributed by atoms with Crippen molar-refractivity contribution in [1.82, 2.24) is 9.55 Å². The summed E-state index contributed by atoms with van der Waals surface area (Å²) in [5.41, 5.74) is 0.814. The maximum absolute atomic E-state index is 11.6. The van der Waals surface area contributed by atoms with Crippen LogP contribution in [0.25, 0.3) is 5.69 Å². The van der Waals surface area contributed by atoms with Crippen LogP contribution in [0.3, 0.4) is 0 Å². The molecule has 0 amide bonds. The largest absolute Gasteiger partial charge is 0.283 e. The smallest absolute Gasteiger partial charge is 0.256 e. The lowest BCUT2D eigenvalue weighted by Crippen LogP contribution is -2.16. The van der Waals surface area contributed by atoms with Gasteiger partial charge in [0.1, 0.15) is 0 Å². The summed E-state index contributed by atoms with van der Waals surface area (Å²) < 4.78 is 1.44. The summed E-state index contributed by atoms with van der Waals surface area (Å²) in [5, 5.41) is 8.61. The highest BCUT2D eigenvalue weighted by Gasteiger charge is 1.99. The maximum Gasteiger partial charge on any atom is 0.256 e. The monoisotopic (exact) mass is 197 g/mol. The summed E-state index contributed by atoms with van der Waals surface area (Å²) in [6, 6.07) is 8.34. The van der Waals surface area contributed by atoms with Crippen LogP contribution in [0.4, 0.5) is 0 Å². The van der Waals surface area contributed by atoms with Crippen molar-refractivity contribution in [3.63, 3.8) is 0 Å². The van der Waals surface area contributed by atoms with Gasteiger partial charge < -0.3 is 0 Å². The first-order valence-electron chi connectivity index (χ1n) is 4.34. The van der Waals surface area contributed by atoms with Gasteiger partial charge in [0, 0.05) is 18.5 Å². The van der Waals surface area contributed by atoms with E-state index in [0.29, 0.717) is 11.3 Å². The summed E-state index contributed by atoms with van der Waals surface area (Å²) in [6.45, 7) is 0. The van der Waals surface area contributed by atoms with Crippen molar-refractivity contribution in [2.75, 3.05) is 0 Å². The van der Waals surface area contributed by atoms with Gasteiger partial charge in [-0.3, -0.25) is 14.3 Å². The molecule has 0 fully saturated rings. The summed E-state index contributed by atoms with van der Waals surface area (Å²) >= 11 is 0. The predicted molar refractivity (Wildman–Crippen MR) is 54.5 cm³/mol. The van der Waals surface area contributed by atoms with Gasteiger partial charge in [-0.05, 0) is 18.2 Å². The minimum absolute atomic E-state index is 0.234. The fourth-order valence-electron chi connectivity index (χ4n) is 1.26. The van der Waals surface area contributed by atoms with Crippen LogP contribution < -0.4 is 5.56 Å². The second-order valence-corrected chi connectivity index (χ2v) is 2.95. The molecule has 2 aromatic rings. The summed E-state index contributed by atoms with van der Waals surface area (Å²) in [5.74, 6) is 0. The highest BCUT2D eigenvalue weighted by Crippen LogP contribution is 2.02. The fraction of sp³-hybridized carbons (Fsp3) is 0. The van der Waals surface area contributed by atoms with Crippen LogP contribution >= 0.6 is 0 Å². The van der Waals surface area contributed by atoms with Crippen molar-refractivity contribution >= 4 is 0 Å². The Morgan fingerprint density at radius 3 is 2.87 bits per heavy atom. The van der Waals surface area contributed by atoms with Gasteiger partial charge in [-0.1, -0.05) is 0 Å². The Hall–Kier alpha value is -2.41. The van der Waals surface area contributed by atoms with Crippen LogP contribution in [-0.4, -0.2) is 9.55 Å². The van der Waals surface area contributed by atoms with Gasteiger partial charge in [-0.2, -0.15) is 5.26 Å². The van der Waals surface area contributed by atoms with Crippen molar-refractivity contribution in [2.45, 2.75) is 0 Å². The van der Waals surface area contributed by atoms with Gasteiger partial charge in [-0.25, -0.2) is 0 Å². The molecule has 0 aromatic carbocycles. The molecule has 0 bridgehead atoms. The van der Waals surface area contributed by atoms with Crippen molar-refractivity contribution in [1.29, 1.82) is 5.26 Å². The molecule has 0 radical (unpaired) electrons. The van der Waals surface area contributed by atoms with Crippen molar-refractivity contribution in [3.05, 3.63) is 58.8 Å². The van der Waals surface area contributed by atoms with E-state index in [0.717, 1.165) is 0 Å². The molecule has 2 aromatic heterocycles. The lowest BCUT2D eigenvalue weighted by Gasteiger charge is -2.03. The van der Waals surface area contributed by atoms with Crippen LogP contribution in [0.2, 0.25) is 0 Å². The molecule has 0 aliphatic carbocycles.